The fourth-order valence-electron chi connectivity index (χ4n) is 2.23. The lowest BCUT2D eigenvalue weighted by Crippen LogP contribution is -1.96. The Hall–Kier alpha value is -2.36. The Labute approximate surface area is 118 Å². The van der Waals surface area contributed by atoms with E-state index in [1.165, 1.54) is 5.56 Å². The Balaban J connectivity index is 1.74. The van der Waals surface area contributed by atoms with Crippen LogP contribution in [0.1, 0.15) is 17.1 Å². The zero-order valence-electron chi connectivity index (χ0n) is 11.7. The number of hydrogen-bond donors (Lipinski definition) is 0. The lowest BCUT2D eigenvalue weighted by Gasteiger charge is -2.01. The largest absolute Gasteiger partial charge is 0.497 e. The van der Waals surface area contributed by atoms with Gasteiger partial charge in [0, 0.05) is 12.1 Å². The van der Waals surface area contributed by atoms with Gasteiger partial charge in [0.05, 0.1) is 7.11 Å². The number of pyridine rings is 1. The third-order valence-corrected chi connectivity index (χ3v) is 3.39. The summed E-state index contributed by atoms with van der Waals surface area (Å²) in [5.41, 5.74) is 3.28. The van der Waals surface area contributed by atoms with Gasteiger partial charge < -0.3 is 4.74 Å². The predicted octanol–water partition coefficient (Wildman–Crippen LogP) is 2.83. The summed E-state index contributed by atoms with van der Waals surface area (Å²) in [7, 11) is 1.68. The molecule has 0 radical (unpaired) electrons. The molecule has 0 unspecified atom stereocenters. The van der Waals surface area contributed by atoms with Crippen LogP contribution in [0.2, 0.25) is 0 Å². The first-order valence-electron chi connectivity index (χ1n) is 6.70. The number of ether oxygens (including phenoxy) is 1. The molecule has 0 saturated carbocycles. The van der Waals surface area contributed by atoms with Crippen molar-refractivity contribution in [3.05, 3.63) is 59.5 Å². The summed E-state index contributed by atoms with van der Waals surface area (Å²) in [6.07, 6.45) is 1.77. The first-order valence-corrected chi connectivity index (χ1v) is 6.70. The zero-order chi connectivity index (χ0) is 13.9. The minimum atomic E-state index is 0.841. The molecule has 0 aliphatic rings. The molecule has 4 heteroatoms. The van der Waals surface area contributed by atoms with E-state index in [9.17, 15) is 0 Å². The van der Waals surface area contributed by atoms with Crippen LogP contribution in [0.3, 0.4) is 0 Å². The van der Waals surface area contributed by atoms with Crippen molar-refractivity contribution in [2.45, 2.75) is 19.8 Å². The molecule has 0 saturated heterocycles. The summed E-state index contributed by atoms with van der Waals surface area (Å²) >= 11 is 0. The van der Waals surface area contributed by atoms with E-state index < -0.39 is 0 Å². The summed E-state index contributed by atoms with van der Waals surface area (Å²) in [5.74, 6) is 1.77. The molecule has 0 N–H and O–H groups in total. The SMILES string of the molecule is COc1ccc(CCc2nc3cccc(C)n3n2)cc1. The number of hydrogen-bond acceptors (Lipinski definition) is 3. The standard InChI is InChI=1S/C16H17N3O/c1-12-4-3-5-16-17-15(18-19(12)16)11-8-13-6-9-14(20-2)10-7-13/h3-7,9-10H,8,11H2,1-2H3. The van der Waals surface area contributed by atoms with Gasteiger partial charge in [-0.25, -0.2) is 9.50 Å². The van der Waals surface area contributed by atoms with Gasteiger partial charge >= 0.3 is 0 Å². The minimum absolute atomic E-state index is 0.841. The maximum Gasteiger partial charge on any atom is 0.155 e. The fraction of sp³-hybridized carbons (Fsp3) is 0.250. The van der Waals surface area contributed by atoms with Crippen LogP contribution in [-0.4, -0.2) is 21.7 Å². The van der Waals surface area contributed by atoms with E-state index in [2.05, 4.69) is 22.2 Å². The van der Waals surface area contributed by atoms with Crippen molar-refractivity contribution in [3.63, 3.8) is 0 Å². The maximum absolute atomic E-state index is 5.16. The van der Waals surface area contributed by atoms with E-state index in [1.54, 1.807) is 7.11 Å². The number of fused-ring (bicyclic) bond motifs is 1. The highest BCUT2D eigenvalue weighted by molar-refractivity contribution is 5.38. The minimum Gasteiger partial charge on any atom is -0.497 e. The summed E-state index contributed by atoms with van der Waals surface area (Å²) in [6.45, 7) is 2.04. The third kappa shape index (κ3) is 2.50. The van der Waals surface area contributed by atoms with Crippen LogP contribution < -0.4 is 4.74 Å². The van der Waals surface area contributed by atoms with E-state index in [4.69, 9.17) is 4.74 Å². The molecule has 0 atom stereocenters. The molecule has 3 rings (SSSR count). The molecular weight excluding hydrogens is 250 g/mol. The summed E-state index contributed by atoms with van der Waals surface area (Å²) in [6, 6.07) is 14.2. The van der Waals surface area contributed by atoms with Gasteiger partial charge in [-0.05, 0) is 43.2 Å². The Morgan fingerprint density at radius 2 is 1.85 bits per heavy atom. The second kappa shape index (κ2) is 5.33. The van der Waals surface area contributed by atoms with E-state index in [-0.39, 0.29) is 0 Å². The summed E-state index contributed by atoms with van der Waals surface area (Å²) in [4.78, 5) is 4.55. The smallest absolute Gasteiger partial charge is 0.155 e. The van der Waals surface area contributed by atoms with Crippen molar-refractivity contribution in [1.29, 1.82) is 0 Å². The van der Waals surface area contributed by atoms with E-state index in [1.807, 2.05) is 41.8 Å². The predicted molar refractivity (Wildman–Crippen MR) is 78.1 cm³/mol. The molecule has 0 amide bonds. The van der Waals surface area contributed by atoms with Gasteiger partial charge in [0.25, 0.3) is 0 Å². The van der Waals surface area contributed by atoms with Crippen molar-refractivity contribution >= 4 is 5.65 Å². The van der Waals surface area contributed by atoms with Crippen LogP contribution in [0.4, 0.5) is 0 Å². The van der Waals surface area contributed by atoms with Gasteiger partial charge in [0.2, 0.25) is 0 Å². The molecule has 0 fully saturated rings. The molecule has 0 aliphatic carbocycles. The van der Waals surface area contributed by atoms with Crippen LogP contribution in [-0.2, 0) is 12.8 Å². The molecule has 2 aromatic heterocycles. The Bertz CT molecular complexity index is 716. The number of methoxy groups -OCH3 is 1. The van der Waals surface area contributed by atoms with Gasteiger partial charge in [-0.15, -0.1) is 0 Å². The lowest BCUT2D eigenvalue weighted by atomic mass is 10.1. The number of aromatic nitrogens is 3. The van der Waals surface area contributed by atoms with Gasteiger partial charge in [-0.1, -0.05) is 18.2 Å². The quantitative estimate of drug-likeness (QED) is 0.729. The van der Waals surface area contributed by atoms with Crippen molar-refractivity contribution in [2.75, 3.05) is 7.11 Å². The van der Waals surface area contributed by atoms with Gasteiger partial charge in [-0.3, -0.25) is 0 Å². The first-order chi connectivity index (χ1) is 9.76. The van der Waals surface area contributed by atoms with Crippen molar-refractivity contribution in [3.8, 4) is 5.75 Å². The van der Waals surface area contributed by atoms with Gasteiger partial charge in [0.1, 0.15) is 5.75 Å². The molecule has 0 bridgehead atoms. The zero-order valence-corrected chi connectivity index (χ0v) is 11.7. The maximum atomic E-state index is 5.16. The number of nitrogens with zero attached hydrogens (tertiary/aromatic N) is 3. The molecule has 102 valence electrons. The van der Waals surface area contributed by atoms with E-state index >= 15 is 0 Å². The second-order valence-electron chi connectivity index (χ2n) is 4.81. The van der Waals surface area contributed by atoms with Gasteiger partial charge in [0.15, 0.2) is 11.5 Å². The average molecular weight is 267 g/mol. The fourth-order valence-corrected chi connectivity index (χ4v) is 2.23. The third-order valence-electron chi connectivity index (χ3n) is 3.39. The van der Waals surface area contributed by atoms with Crippen molar-refractivity contribution in [2.24, 2.45) is 0 Å². The number of benzene rings is 1. The second-order valence-corrected chi connectivity index (χ2v) is 4.81. The number of rotatable bonds is 4. The molecule has 0 spiro atoms. The molecule has 1 aromatic carbocycles. The van der Waals surface area contributed by atoms with Crippen LogP contribution in [0.15, 0.2) is 42.5 Å². The molecule has 4 nitrogen and oxygen atoms in total. The summed E-state index contributed by atoms with van der Waals surface area (Å²) < 4.78 is 7.05. The highest BCUT2D eigenvalue weighted by Crippen LogP contribution is 2.13. The Kier molecular flexibility index (Phi) is 3.37. The molecule has 20 heavy (non-hydrogen) atoms. The monoisotopic (exact) mass is 267 g/mol. The van der Waals surface area contributed by atoms with E-state index in [0.717, 1.165) is 35.8 Å². The van der Waals surface area contributed by atoms with Crippen LogP contribution >= 0.6 is 0 Å². The van der Waals surface area contributed by atoms with Crippen molar-refractivity contribution < 1.29 is 4.74 Å². The summed E-state index contributed by atoms with van der Waals surface area (Å²) in [5, 5.41) is 4.54. The normalized spacial score (nSPS) is 10.9. The van der Waals surface area contributed by atoms with Crippen LogP contribution in [0, 0.1) is 6.92 Å². The molecule has 2 heterocycles. The first kappa shape index (κ1) is 12.7. The Morgan fingerprint density at radius 3 is 2.55 bits per heavy atom. The van der Waals surface area contributed by atoms with Crippen LogP contribution in [0.25, 0.3) is 5.65 Å². The average Bonchev–Trinajstić information content (AvgIpc) is 2.90. The van der Waals surface area contributed by atoms with Crippen molar-refractivity contribution in [1.82, 2.24) is 14.6 Å². The highest BCUT2D eigenvalue weighted by atomic mass is 16.5. The molecule has 3 aromatic rings. The van der Waals surface area contributed by atoms with Gasteiger partial charge in [-0.2, -0.15) is 5.10 Å². The molecular formula is C16H17N3O. The Morgan fingerprint density at radius 1 is 1.05 bits per heavy atom. The number of aryl methyl sites for hydroxylation is 3. The topological polar surface area (TPSA) is 39.4 Å². The highest BCUT2D eigenvalue weighted by Gasteiger charge is 2.05. The van der Waals surface area contributed by atoms with E-state index in [0.29, 0.717) is 0 Å². The lowest BCUT2D eigenvalue weighted by molar-refractivity contribution is 0.414. The molecule has 0 aliphatic heterocycles. The van der Waals surface area contributed by atoms with Crippen LogP contribution in [0.5, 0.6) is 5.75 Å².